The van der Waals surface area contributed by atoms with Crippen molar-refractivity contribution in [1.29, 1.82) is 0 Å². The van der Waals surface area contributed by atoms with Crippen molar-refractivity contribution < 1.29 is 4.74 Å². The summed E-state index contributed by atoms with van der Waals surface area (Å²) >= 11 is 0. The van der Waals surface area contributed by atoms with Crippen molar-refractivity contribution in [3.8, 4) is 0 Å². The van der Waals surface area contributed by atoms with Crippen LogP contribution in [-0.4, -0.2) is 13.2 Å². The number of rotatable bonds is 3. The molecule has 1 aliphatic carbocycles. The van der Waals surface area contributed by atoms with Gasteiger partial charge in [0.15, 0.2) is 0 Å². The molecule has 0 amide bonds. The summed E-state index contributed by atoms with van der Waals surface area (Å²) in [6, 6.07) is 0. The molecule has 40 valence electrons. The van der Waals surface area contributed by atoms with Crippen LogP contribution in [0.2, 0.25) is 0 Å². The third-order valence-electron chi connectivity index (χ3n) is 1.17. The summed E-state index contributed by atoms with van der Waals surface area (Å²) < 4.78 is 4.94. The summed E-state index contributed by atoms with van der Waals surface area (Å²) in [4.78, 5) is 0. The van der Waals surface area contributed by atoms with E-state index >= 15 is 0 Å². The van der Waals surface area contributed by atoms with E-state index in [-0.39, 0.29) is 0 Å². The third-order valence-corrected chi connectivity index (χ3v) is 1.17. The van der Waals surface area contributed by atoms with Gasteiger partial charge < -0.3 is 4.74 Å². The zero-order valence-corrected chi connectivity index (χ0v) is 4.39. The highest BCUT2D eigenvalue weighted by atomic mass is 16.5. The maximum Gasteiger partial charge on any atom is 0.0501 e. The van der Waals surface area contributed by atoms with E-state index in [0.29, 0.717) is 6.61 Å². The van der Waals surface area contributed by atoms with Crippen LogP contribution in [0.25, 0.3) is 0 Å². The van der Waals surface area contributed by atoms with Crippen molar-refractivity contribution >= 4 is 0 Å². The maximum absolute atomic E-state index is 5.08. The zero-order chi connectivity index (χ0) is 5.11. The van der Waals surface area contributed by atoms with Gasteiger partial charge in [-0.1, -0.05) is 0 Å². The van der Waals surface area contributed by atoms with Gasteiger partial charge in [0, 0.05) is 6.61 Å². The van der Waals surface area contributed by atoms with Crippen LogP contribution in [0.1, 0.15) is 12.8 Å². The van der Waals surface area contributed by atoms with Gasteiger partial charge in [-0.05, 0) is 25.7 Å². The van der Waals surface area contributed by atoms with Gasteiger partial charge in [-0.15, -0.1) is 0 Å². The molecule has 0 saturated heterocycles. The lowest BCUT2D eigenvalue weighted by molar-refractivity contribution is 0.150. The van der Waals surface area contributed by atoms with E-state index in [4.69, 9.17) is 11.7 Å². The molecule has 1 aliphatic rings. The van der Waals surface area contributed by atoms with Crippen LogP contribution in [0.5, 0.6) is 0 Å². The van der Waals surface area contributed by atoms with Crippen LogP contribution >= 0.6 is 0 Å². The first-order valence-electron chi connectivity index (χ1n) is 2.71. The fourth-order valence-electron chi connectivity index (χ4n) is 0.519. The van der Waals surface area contributed by atoms with E-state index in [0.717, 1.165) is 12.5 Å². The SMILES string of the molecule is [CH]COCC1CC1. The molecule has 0 aliphatic heterocycles. The van der Waals surface area contributed by atoms with E-state index in [1.165, 1.54) is 12.8 Å². The lowest BCUT2D eigenvalue weighted by Gasteiger charge is -1.93. The minimum absolute atomic E-state index is 0.385. The van der Waals surface area contributed by atoms with Crippen LogP contribution in [0, 0.1) is 12.8 Å². The first-order chi connectivity index (χ1) is 3.43. The van der Waals surface area contributed by atoms with Crippen molar-refractivity contribution in [2.24, 2.45) is 5.92 Å². The van der Waals surface area contributed by atoms with Crippen molar-refractivity contribution in [2.45, 2.75) is 12.8 Å². The highest BCUT2D eigenvalue weighted by Gasteiger charge is 2.20. The van der Waals surface area contributed by atoms with Gasteiger partial charge in [-0.25, -0.2) is 0 Å². The van der Waals surface area contributed by atoms with Crippen molar-refractivity contribution in [1.82, 2.24) is 0 Å². The summed E-state index contributed by atoms with van der Waals surface area (Å²) in [5.41, 5.74) is 0. The Kier molecular flexibility index (Phi) is 1.69. The molecule has 1 nitrogen and oxygen atoms in total. The van der Waals surface area contributed by atoms with Crippen LogP contribution in [-0.2, 0) is 4.74 Å². The van der Waals surface area contributed by atoms with Crippen LogP contribution in [0.15, 0.2) is 0 Å². The maximum atomic E-state index is 5.08. The predicted octanol–water partition coefficient (Wildman–Crippen LogP) is 1.12. The molecule has 0 heterocycles. The molecule has 0 atom stereocenters. The highest BCUT2D eigenvalue weighted by Crippen LogP contribution is 2.28. The van der Waals surface area contributed by atoms with Gasteiger partial charge in [0.2, 0.25) is 0 Å². The van der Waals surface area contributed by atoms with E-state index in [9.17, 15) is 0 Å². The van der Waals surface area contributed by atoms with E-state index in [1.54, 1.807) is 0 Å². The number of hydrogen-bond acceptors (Lipinski definition) is 1. The second kappa shape index (κ2) is 2.31. The summed E-state index contributed by atoms with van der Waals surface area (Å²) in [7, 11) is 0. The molecule has 1 fully saturated rings. The van der Waals surface area contributed by atoms with Gasteiger partial charge >= 0.3 is 0 Å². The molecule has 0 aromatic heterocycles. The van der Waals surface area contributed by atoms with Gasteiger partial charge in [0.25, 0.3) is 0 Å². The zero-order valence-electron chi connectivity index (χ0n) is 4.39. The van der Waals surface area contributed by atoms with E-state index in [1.807, 2.05) is 0 Å². The molecule has 1 saturated carbocycles. The molecule has 0 N–H and O–H groups in total. The summed E-state index contributed by atoms with van der Waals surface area (Å²) in [5.74, 6) is 0.851. The Morgan fingerprint density at radius 1 is 1.57 bits per heavy atom. The van der Waals surface area contributed by atoms with Crippen molar-refractivity contribution in [3.63, 3.8) is 0 Å². The van der Waals surface area contributed by atoms with Crippen LogP contribution in [0.4, 0.5) is 0 Å². The predicted molar refractivity (Wildman–Crippen MR) is 27.8 cm³/mol. The fraction of sp³-hybridized carbons (Fsp3) is 0.833. The van der Waals surface area contributed by atoms with Crippen LogP contribution in [0.3, 0.4) is 0 Å². The molecule has 0 aromatic carbocycles. The van der Waals surface area contributed by atoms with Crippen LogP contribution < -0.4 is 0 Å². The Morgan fingerprint density at radius 3 is 2.71 bits per heavy atom. The summed E-state index contributed by atoms with van der Waals surface area (Å²) in [6.07, 6.45) is 2.69. The molecule has 0 bridgehead atoms. The molecule has 0 aromatic rings. The summed E-state index contributed by atoms with van der Waals surface area (Å²) in [6.45, 7) is 6.35. The molecule has 2 radical (unpaired) electrons. The monoisotopic (exact) mass is 98.1 g/mol. The third kappa shape index (κ3) is 1.93. The molecule has 7 heavy (non-hydrogen) atoms. The Balaban J connectivity index is 1.80. The quantitative estimate of drug-likeness (QED) is 0.514. The molecule has 0 spiro atoms. The average molecular weight is 98.1 g/mol. The lowest BCUT2D eigenvalue weighted by atomic mass is 10.5. The first kappa shape index (κ1) is 5.10. The van der Waals surface area contributed by atoms with Crippen molar-refractivity contribution in [3.05, 3.63) is 6.92 Å². The topological polar surface area (TPSA) is 9.23 Å². The fourth-order valence-corrected chi connectivity index (χ4v) is 0.519. The Bertz CT molecular complexity index is 48.1. The second-order valence-corrected chi connectivity index (χ2v) is 1.98. The highest BCUT2D eigenvalue weighted by molar-refractivity contribution is 4.71. The second-order valence-electron chi connectivity index (χ2n) is 1.98. The van der Waals surface area contributed by atoms with Crippen molar-refractivity contribution in [2.75, 3.05) is 13.2 Å². The molecular formula is C6H10O. The molecule has 0 unspecified atom stereocenters. The molecule has 1 heteroatoms. The van der Waals surface area contributed by atoms with E-state index < -0.39 is 0 Å². The van der Waals surface area contributed by atoms with Gasteiger partial charge in [0.1, 0.15) is 0 Å². The smallest absolute Gasteiger partial charge is 0.0501 e. The van der Waals surface area contributed by atoms with E-state index in [2.05, 4.69) is 0 Å². The number of ether oxygens (including phenoxy) is 1. The molecular weight excluding hydrogens is 88.1 g/mol. The van der Waals surface area contributed by atoms with Gasteiger partial charge in [-0.3, -0.25) is 0 Å². The Hall–Kier alpha value is -0.0400. The first-order valence-corrected chi connectivity index (χ1v) is 2.71. The van der Waals surface area contributed by atoms with Gasteiger partial charge in [-0.2, -0.15) is 0 Å². The molecule has 1 rings (SSSR count). The summed E-state index contributed by atoms with van der Waals surface area (Å²) in [5, 5.41) is 0. The average Bonchev–Trinajstić information content (AvgIpc) is 2.42. The Labute approximate surface area is 44.7 Å². The number of hydrogen-bond donors (Lipinski definition) is 0. The Morgan fingerprint density at radius 2 is 2.29 bits per heavy atom. The normalized spacial score (nSPS) is 20.1. The minimum atomic E-state index is 0.385. The minimum Gasteiger partial charge on any atom is -0.381 e. The van der Waals surface area contributed by atoms with Gasteiger partial charge in [0.05, 0.1) is 6.61 Å². The lowest BCUT2D eigenvalue weighted by Crippen LogP contribution is -1.93. The largest absolute Gasteiger partial charge is 0.381 e. The standard InChI is InChI=1S/C6H10O/c1-2-7-5-6-3-4-6/h1,6H,2-5H2.